The number of aryl methyl sites for hydroxylation is 2. The van der Waals surface area contributed by atoms with Crippen molar-refractivity contribution in [3.8, 4) is 5.75 Å². The SMILES string of the molecule is CCCOc1ccc(C(N)c2nc3c(s2)CCC3)cc1. The molecule has 0 bridgehead atoms. The lowest BCUT2D eigenvalue weighted by Crippen LogP contribution is -2.11. The van der Waals surface area contributed by atoms with Gasteiger partial charge in [-0.15, -0.1) is 11.3 Å². The molecule has 1 atom stereocenters. The molecule has 0 fully saturated rings. The monoisotopic (exact) mass is 288 g/mol. The van der Waals surface area contributed by atoms with Gasteiger partial charge in [-0.05, 0) is 43.4 Å². The molecule has 0 spiro atoms. The van der Waals surface area contributed by atoms with E-state index >= 15 is 0 Å². The second-order valence-electron chi connectivity index (χ2n) is 5.17. The van der Waals surface area contributed by atoms with Gasteiger partial charge >= 0.3 is 0 Å². The van der Waals surface area contributed by atoms with Crippen molar-refractivity contribution < 1.29 is 4.74 Å². The third kappa shape index (κ3) is 2.72. The Bertz CT molecular complexity index is 555. The minimum atomic E-state index is -0.120. The smallest absolute Gasteiger partial charge is 0.119 e. The summed E-state index contributed by atoms with van der Waals surface area (Å²) in [7, 11) is 0. The van der Waals surface area contributed by atoms with Crippen molar-refractivity contribution >= 4 is 11.3 Å². The lowest BCUT2D eigenvalue weighted by molar-refractivity contribution is 0.317. The molecule has 3 rings (SSSR count). The molecule has 1 aromatic heterocycles. The average molecular weight is 288 g/mol. The molecule has 106 valence electrons. The number of thiazole rings is 1. The van der Waals surface area contributed by atoms with Gasteiger partial charge in [0.25, 0.3) is 0 Å². The van der Waals surface area contributed by atoms with Crippen LogP contribution in [0.25, 0.3) is 0 Å². The molecule has 0 saturated heterocycles. The topological polar surface area (TPSA) is 48.1 Å². The highest BCUT2D eigenvalue weighted by atomic mass is 32.1. The van der Waals surface area contributed by atoms with Crippen LogP contribution in [-0.4, -0.2) is 11.6 Å². The Labute approximate surface area is 123 Å². The number of nitrogens with zero attached hydrogens (tertiary/aromatic N) is 1. The molecule has 1 aliphatic carbocycles. The summed E-state index contributed by atoms with van der Waals surface area (Å²) in [4.78, 5) is 6.13. The van der Waals surface area contributed by atoms with Crippen molar-refractivity contribution in [3.63, 3.8) is 0 Å². The van der Waals surface area contributed by atoms with Crippen LogP contribution < -0.4 is 10.5 Å². The Balaban J connectivity index is 1.74. The van der Waals surface area contributed by atoms with Gasteiger partial charge in [0, 0.05) is 4.88 Å². The molecule has 2 N–H and O–H groups in total. The highest BCUT2D eigenvalue weighted by molar-refractivity contribution is 7.11. The largest absolute Gasteiger partial charge is 0.494 e. The summed E-state index contributed by atoms with van der Waals surface area (Å²) in [5, 5.41) is 1.04. The molecule has 20 heavy (non-hydrogen) atoms. The number of hydrogen-bond donors (Lipinski definition) is 1. The van der Waals surface area contributed by atoms with E-state index < -0.39 is 0 Å². The van der Waals surface area contributed by atoms with E-state index in [9.17, 15) is 0 Å². The Morgan fingerprint density at radius 3 is 2.80 bits per heavy atom. The summed E-state index contributed by atoms with van der Waals surface area (Å²) < 4.78 is 5.59. The van der Waals surface area contributed by atoms with Crippen LogP contribution in [-0.2, 0) is 12.8 Å². The standard InChI is InChI=1S/C16H20N2OS/c1-2-10-19-12-8-6-11(7-9-12)15(17)16-18-13-4-3-5-14(13)20-16/h6-9,15H,2-5,10,17H2,1H3. The summed E-state index contributed by atoms with van der Waals surface area (Å²) in [6.07, 6.45) is 4.55. The van der Waals surface area contributed by atoms with Gasteiger partial charge in [-0.2, -0.15) is 0 Å². The first-order valence-corrected chi connectivity index (χ1v) is 8.06. The minimum absolute atomic E-state index is 0.120. The predicted octanol–water partition coefficient (Wildman–Crippen LogP) is 3.47. The number of aromatic nitrogens is 1. The molecule has 3 nitrogen and oxygen atoms in total. The molecule has 1 heterocycles. The van der Waals surface area contributed by atoms with Crippen molar-refractivity contribution in [1.82, 2.24) is 4.98 Å². The van der Waals surface area contributed by atoms with E-state index in [0.717, 1.165) is 35.8 Å². The van der Waals surface area contributed by atoms with Crippen molar-refractivity contribution in [1.29, 1.82) is 0 Å². The predicted molar refractivity (Wildman–Crippen MR) is 82.4 cm³/mol. The summed E-state index contributed by atoms with van der Waals surface area (Å²) in [5.74, 6) is 0.907. The maximum absolute atomic E-state index is 6.33. The second kappa shape index (κ2) is 5.94. The molecule has 1 aliphatic rings. The molecule has 0 saturated carbocycles. The minimum Gasteiger partial charge on any atom is -0.494 e. The van der Waals surface area contributed by atoms with Gasteiger partial charge in [-0.25, -0.2) is 4.98 Å². The van der Waals surface area contributed by atoms with Gasteiger partial charge in [0.15, 0.2) is 0 Å². The molecule has 0 aliphatic heterocycles. The molecule has 1 aromatic carbocycles. The van der Waals surface area contributed by atoms with Gasteiger partial charge in [0.05, 0.1) is 18.3 Å². The van der Waals surface area contributed by atoms with E-state index in [2.05, 4.69) is 6.92 Å². The summed E-state index contributed by atoms with van der Waals surface area (Å²) >= 11 is 1.78. The molecule has 2 aromatic rings. The highest BCUT2D eigenvalue weighted by Gasteiger charge is 2.20. The van der Waals surface area contributed by atoms with Crippen LogP contribution in [0.4, 0.5) is 0 Å². The van der Waals surface area contributed by atoms with Gasteiger partial charge in [-0.3, -0.25) is 0 Å². The number of benzene rings is 1. The zero-order valence-corrected chi connectivity index (χ0v) is 12.6. The molecule has 0 amide bonds. The van der Waals surface area contributed by atoms with Crippen molar-refractivity contribution in [2.24, 2.45) is 5.73 Å². The van der Waals surface area contributed by atoms with Gasteiger partial charge in [-0.1, -0.05) is 19.1 Å². The van der Waals surface area contributed by atoms with Crippen LogP contribution in [0.3, 0.4) is 0 Å². The number of hydrogen-bond acceptors (Lipinski definition) is 4. The third-order valence-corrected chi connectivity index (χ3v) is 4.83. The van der Waals surface area contributed by atoms with Gasteiger partial charge in [0.1, 0.15) is 10.8 Å². The lowest BCUT2D eigenvalue weighted by Gasteiger charge is -2.10. The Morgan fingerprint density at radius 1 is 1.30 bits per heavy atom. The van der Waals surface area contributed by atoms with E-state index in [1.807, 2.05) is 24.3 Å². The first-order valence-electron chi connectivity index (χ1n) is 7.24. The zero-order valence-electron chi connectivity index (χ0n) is 11.8. The van der Waals surface area contributed by atoms with E-state index in [0.29, 0.717) is 0 Å². The van der Waals surface area contributed by atoms with Crippen LogP contribution in [0.5, 0.6) is 5.75 Å². The molecule has 0 radical (unpaired) electrons. The van der Waals surface area contributed by atoms with Crippen LogP contribution in [0, 0.1) is 0 Å². The summed E-state index contributed by atoms with van der Waals surface area (Å²) in [6.45, 7) is 2.86. The fourth-order valence-electron chi connectivity index (χ4n) is 2.48. The number of rotatable bonds is 5. The van der Waals surface area contributed by atoms with Crippen LogP contribution in [0.1, 0.15) is 46.9 Å². The number of fused-ring (bicyclic) bond motifs is 1. The van der Waals surface area contributed by atoms with E-state index in [1.54, 1.807) is 11.3 Å². The van der Waals surface area contributed by atoms with Crippen LogP contribution in [0.15, 0.2) is 24.3 Å². The Kier molecular flexibility index (Phi) is 4.03. The molecule has 4 heteroatoms. The number of ether oxygens (including phenoxy) is 1. The van der Waals surface area contributed by atoms with Crippen molar-refractivity contribution in [2.75, 3.05) is 6.61 Å². The zero-order chi connectivity index (χ0) is 13.9. The van der Waals surface area contributed by atoms with E-state index in [-0.39, 0.29) is 6.04 Å². The van der Waals surface area contributed by atoms with Gasteiger partial charge < -0.3 is 10.5 Å². The first-order chi connectivity index (χ1) is 9.78. The van der Waals surface area contributed by atoms with E-state index in [4.69, 9.17) is 15.5 Å². The average Bonchev–Trinajstić information content (AvgIpc) is 3.06. The van der Waals surface area contributed by atoms with Crippen molar-refractivity contribution in [2.45, 2.75) is 38.6 Å². The first kappa shape index (κ1) is 13.6. The van der Waals surface area contributed by atoms with Crippen LogP contribution in [0.2, 0.25) is 0 Å². The third-order valence-electron chi connectivity index (χ3n) is 3.59. The Hall–Kier alpha value is -1.39. The number of nitrogens with two attached hydrogens (primary N) is 1. The highest BCUT2D eigenvalue weighted by Crippen LogP contribution is 2.32. The maximum Gasteiger partial charge on any atom is 0.119 e. The molecule has 1 unspecified atom stereocenters. The quantitative estimate of drug-likeness (QED) is 0.916. The summed E-state index contributed by atoms with van der Waals surface area (Å²) in [6, 6.07) is 7.95. The van der Waals surface area contributed by atoms with Crippen LogP contribution >= 0.6 is 11.3 Å². The normalized spacial score (nSPS) is 15.1. The molecular weight excluding hydrogens is 268 g/mol. The van der Waals surface area contributed by atoms with E-state index in [1.165, 1.54) is 23.4 Å². The Morgan fingerprint density at radius 2 is 2.10 bits per heavy atom. The molecular formula is C16H20N2OS. The maximum atomic E-state index is 6.33. The van der Waals surface area contributed by atoms with Gasteiger partial charge in [0.2, 0.25) is 0 Å². The van der Waals surface area contributed by atoms with Crippen molar-refractivity contribution in [3.05, 3.63) is 45.4 Å². The second-order valence-corrected chi connectivity index (χ2v) is 6.29. The fraction of sp³-hybridized carbons (Fsp3) is 0.438. The summed E-state index contributed by atoms with van der Waals surface area (Å²) in [5.41, 5.74) is 8.70. The fourth-order valence-corrected chi connectivity index (χ4v) is 3.66. The lowest BCUT2D eigenvalue weighted by atomic mass is 10.1.